The third-order valence-corrected chi connectivity index (χ3v) is 6.01. The van der Waals surface area contributed by atoms with Gasteiger partial charge in [0.05, 0.1) is 0 Å². The molecule has 25 heavy (non-hydrogen) atoms. The number of hydrogen-bond donors (Lipinski definition) is 1. The van der Waals surface area contributed by atoms with Gasteiger partial charge < -0.3 is 9.47 Å². The van der Waals surface area contributed by atoms with Crippen LogP contribution in [0.1, 0.15) is 35.4 Å². The molecule has 1 amide bonds. The Morgan fingerprint density at radius 1 is 1.20 bits per heavy atom. The number of piperidine rings is 1. The molecule has 2 aromatic heterocycles. The predicted molar refractivity (Wildman–Crippen MR) is 95.0 cm³/mol. The number of carbonyl (C=O) groups is 1. The van der Waals surface area contributed by atoms with Gasteiger partial charge >= 0.3 is 0 Å². The molecule has 0 spiro atoms. The van der Waals surface area contributed by atoms with Gasteiger partial charge in [-0.15, -0.1) is 0 Å². The average molecular weight is 362 g/mol. The first-order valence-corrected chi connectivity index (χ1v) is 9.78. The van der Waals surface area contributed by atoms with Crippen LogP contribution < -0.4 is 4.72 Å². The van der Waals surface area contributed by atoms with E-state index in [1.165, 1.54) is 12.3 Å². The predicted octanol–water partition coefficient (Wildman–Crippen LogP) is 2.16. The van der Waals surface area contributed by atoms with Gasteiger partial charge in [0.1, 0.15) is 16.4 Å². The Labute approximate surface area is 147 Å². The third kappa shape index (κ3) is 3.53. The maximum Gasteiger partial charge on any atom is 0.270 e. The first-order chi connectivity index (χ1) is 11.9. The highest BCUT2D eigenvalue weighted by Gasteiger charge is 2.27. The van der Waals surface area contributed by atoms with Crippen molar-refractivity contribution in [3.8, 4) is 0 Å². The second kappa shape index (κ2) is 6.87. The Balaban J connectivity index is 1.91. The number of hydrogen-bond acceptors (Lipinski definition) is 4. The minimum Gasteiger partial charge on any atom is -0.343 e. The van der Waals surface area contributed by atoms with Crippen LogP contribution in [0.4, 0.5) is 5.82 Å². The van der Waals surface area contributed by atoms with Crippen molar-refractivity contribution in [3.05, 3.63) is 41.9 Å². The Morgan fingerprint density at radius 3 is 2.56 bits per heavy atom. The summed E-state index contributed by atoms with van der Waals surface area (Å²) in [6.45, 7) is 3.13. The van der Waals surface area contributed by atoms with Gasteiger partial charge in [-0.1, -0.05) is 6.07 Å². The van der Waals surface area contributed by atoms with E-state index in [1.54, 1.807) is 41.6 Å². The molecule has 0 bridgehead atoms. The fourth-order valence-electron chi connectivity index (χ4n) is 3.02. The molecule has 1 saturated heterocycles. The van der Waals surface area contributed by atoms with Gasteiger partial charge in [0.15, 0.2) is 0 Å². The minimum absolute atomic E-state index is 0.0982. The second-order valence-electron chi connectivity index (χ2n) is 6.21. The van der Waals surface area contributed by atoms with Crippen molar-refractivity contribution in [2.75, 3.05) is 17.8 Å². The highest BCUT2D eigenvalue weighted by Crippen LogP contribution is 2.23. The van der Waals surface area contributed by atoms with Crippen LogP contribution in [-0.4, -0.2) is 41.9 Å². The van der Waals surface area contributed by atoms with Crippen LogP contribution in [0, 0.1) is 6.92 Å². The topological polar surface area (TPSA) is 84.3 Å². The fraction of sp³-hybridized carbons (Fsp3) is 0.412. The highest BCUT2D eigenvalue weighted by molar-refractivity contribution is 7.92. The van der Waals surface area contributed by atoms with Crippen molar-refractivity contribution in [2.45, 2.75) is 31.1 Å². The molecular formula is C17H22N4O3S. The van der Waals surface area contributed by atoms with Crippen molar-refractivity contribution < 1.29 is 13.2 Å². The first kappa shape index (κ1) is 17.5. The molecule has 7 nitrogen and oxygen atoms in total. The molecule has 1 fully saturated rings. The SMILES string of the molecule is Cc1c(S(=O)(=O)Nc2ccccn2)cc(C(=O)N2CCCCC2)n1C. The van der Waals surface area contributed by atoms with Gasteiger partial charge in [-0.25, -0.2) is 13.4 Å². The molecule has 1 aliphatic rings. The smallest absolute Gasteiger partial charge is 0.270 e. The molecule has 1 N–H and O–H groups in total. The molecular weight excluding hydrogens is 340 g/mol. The number of rotatable bonds is 4. The van der Waals surface area contributed by atoms with Gasteiger partial charge in [-0.05, 0) is 44.4 Å². The summed E-state index contributed by atoms with van der Waals surface area (Å²) in [6, 6.07) is 6.45. The standard InChI is InChI=1S/C17H22N4O3S/c1-13-15(25(23,24)19-16-8-4-5-9-18-16)12-14(20(13)2)17(22)21-10-6-3-7-11-21/h4-5,8-9,12H,3,6-7,10-11H2,1-2H3,(H,18,19). The number of sulfonamides is 1. The number of pyridine rings is 1. The summed E-state index contributed by atoms with van der Waals surface area (Å²) in [4.78, 5) is 18.6. The lowest BCUT2D eigenvalue weighted by molar-refractivity contribution is 0.0714. The molecule has 8 heteroatoms. The molecule has 0 radical (unpaired) electrons. The first-order valence-electron chi connectivity index (χ1n) is 8.29. The maximum absolute atomic E-state index is 12.7. The number of nitrogens with one attached hydrogen (secondary N) is 1. The van der Waals surface area contributed by atoms with Crippen LogP contribution in [0.15, 0.2) is 35.4 Å². The fourth-order valence-corrected chi connectivity index (χ4v) is 4.32. The zero-order valence-corrected chi connectivity index (χ0v) is 15.2. The van der Waals surface area contributed by atoms with Gasteiger partial charge in [-0.2, -0.15) is 0 Å². The third-order valence-electron chi connectivity index (χ3n) is 4.54. The molecule has 0 aromatic carbocycles. The van der Waals surface area contributed by atoms with E-state index in [4.69, 9.17) is 0 Å². The van der Waals surface area contributed by atoms with E-state index in [0.29, 0.717) is 11.4 Å². The lowest BCUT2D eigenvalue weighted by Gasteiger charge is -2.26. The van der Waals surface area contributed by atoms with Crippen LogP contribution in [-0.2, 0) is 17.1 Å². The van der Waals surface area contributed by atoms with E-state index in [0.717, 1.165) is 32.4 Å². The largest absolute Gasteiger partial charge is 0.343 e. The summed E-state index contributed by atoms with van der Waals surface area (Å²) in [5.74, 6) is 0.124. The number of aromatic nitrogens is 2. The minimum atomic E-state index is -3.81. The van der Waals surface area contributed by atoms with E-state index >= 15 is 0 Å². The summed E-state index contributed by atoms with van der Waals surface area (Å²) in [5.41, 5.74) is 0.907. The van der Waals surface area contributed by atoms with Crippen molar-refractivity contribution in [2.24, 2.45) is 7.05 Å². The molecule has 0 atom stereocenters. The zero-order valence-electron chi connectivity index (χ0n) is 14.4. The lowest BCUT2D eigenvalue weighted by Crippen LogP contribution is -2.36. The Morgan fingerprint density at radius 2 is 1.92 bits per heavy atom. The second-order valence-corrected chi connectivity index (χ2v) is 7.86. The molecule has 3 heterocycles. The summed E-state index contributed by atoms with van der Waals surface area (Å²) >= 11 is 0. The molecule has 1 aliphatic heterocycles. The Kier molecular flexibility index (Phi) is 4.80. The van der Waals surface area contributed by atoms with Gasteiger partial charge in [0, 0.05) is 32.0 Å². The molecule has 0 aliphatic carbocycles. The maximum atomic E-state index is 12.7. The van der Waals surface area contributed by atoms with Crippen molar-refractivity contribution >= 4 is 21.7 Å². The van der Waals surface area contributed by atoms with Gasteiger partial charge in [0.2, 0.25) is 0 Å². The van der Waals surface area contributed by atoms with Crippen LogP contribution in [0.2, 0.25) is 0 Å². The monoisotopic (exact) mass is 362 g/mol. The van der Waals surface area contributed by atoms with E-state index in [9.17, 15) is 13.2 Å². The number of anilines is 1. The lowest BCUT2D eigenvalue weighted by atomic mass is 10.1. The number of carbonyl (C=O) groups excluding carboxylic acids is 1. The van der Waals surface area contributed by atoms with Crippen LogP contribution in [0.3, 0.4) is 0 Å². The Hall–Kier alpha value is -2.35. The van der Waals surface area contributed by atoms with E-state index in [2.05, 4.69) is 9.71 Å². The molecule has 0 unspecified atom stereocenters. The molecule has 3 rings (SSSR count). The van der Waals surface area contributed by atoms with E-state index < -0.39 is 10.0 Å². The molecule has 0 saturated carbocycles. The average Bonchev–Trinajstić information content (AvgIpc) is 2.92. The van der Waals surface area contributed by atoms with E-state index in [1.807, 2.05) is 0 Å². The molecule has 2 aromatic rings. The van der Waals surface area contributed by atoms with Crippen molar-refractivity contribution in [1.29, 1.82) is 0 Å². The summed E-state index contributed by atoms with van der Waals surface area (Å²) < 4.78 is 29.5. The quantitative estimate of drug-likeness (QED) is 0.903. The van der Waals surface area contributed by atoms with Crippen molar-refractivity contribution in [1.82, 2.24) is 14.5 Å². The normalized spacial score (nSPS) is 15.2. The van der Waals surface area contributed by atoms with Crippen molar-refractivity contribution in [3.63, 3.8) is 0 Å². The number of amides is 1. The van der Waals surface area contributed by atoms with E-state index in [-0.39, 0.29) is 16.6 Å². The Bertz CT molecular complexity index is 869. The summed E-state index contributed by atoms with van der Waals surface area (Å²) in [6.07, 6.45) is 4.62. The van der Waals surface area contributed by atoms with Crippen LogP contribution in [0.25, 0.3) is 0 Å². The van der Waals surface area contributed by atoms with Crippen LogP contribution >= 0.6 is 0 Å². The van der Waals surface area contributed by atoms with Gasteiger partial charge in [-0.3, -0.25) is 9.52 Å². The number of nitrogens with zero attached hydrogens (tertiary/aromatic N) is 3. The number of likely N-dealkylation sites (tertiary alicyclic amines) is 1. The zero-order chi connectivity index (χ0) is 18.0. The highest BCUT2D eigenvalue weighted by atomic mass is 32.2. The van der Waals surface area contributed by atoms with Gasteiger partial charge in [0.25, 0.3) is 15.9 Å². The summed E-state index contributed by atoms with van der Waals surface area (Å²) in [7, 11) is -2.10. The van der Waals surface area contributed by atoms with Crippen LogP contribution in [0.5, 0.6) is 0 Å². The molecule has 134 valence electrons. The summed E-state index contributed by atoms with van der Waals surface area (Å²) in [5, 5.41) is 0.